The number of carbonyl (C=O) groups is 1. The lowest BCUT2D eigenvalue weighted by Gasteiger charge is -2.18. The molecule has 1 aliphatic rings. The summed E-state index contributed by atoms with van der Waals surface area (Å²) in [5.41, 5.74) is 1.47. The molecule has 2 aromatic heterocycles. The molecule has 1 aliphatic heterocycles. The monoisotopic (exact) mass is 361 g/mol. The summed E-state index contributed by atoms with van der Waals surface area (Å²) in [5, 5.41) is 16.1. The first kappa shape index (κ1) is 18.4. The van der Waals surface area contributed by atoms with Crippen molar-refractivity contribution in [2.24, 2.45) is 0 Å². The van der Waals surface area contributed by atoms with Gasteiger partial charge in [-0.2, -0.15) is 9.97 Å². The quantitative estimate of drug-likeness (QED) is 0.677. The zero-order valence-electron chi connectivity index (χ0n) is 15.6. The fourth-order valence-electron chi connectivity index (χ4n) is 3.16. The summed E-state index contributed by atoms with van der Waals surface area (Å²) in [6, 6.07) is 0.0365. The van der Waals surface area contributed by atoms with Crippen LogP contribution in [0.15, 0.2) is 6.33 Å². The average molecular weight is 361 g/mol. The Hall–Kier alpha value is -2.42. The molecule has 0 unspecified atom stereocenters. The Balaban J connectivity index is 1.90. The molecule has 3 rings (SSSR count). The van der Waals surface area contributed by atoms with Gasteiger partial charge in [-0.25, -0.2) is 4.98 Å². The highest BCUT2D eigenvalue weighted by molar-refractivity contribution is 5.84. The minimum absolute atomic E-state index is 0.0178. The predicted octanol–water partition coefficient (Wildman–Crippen LogP) is 1.06. The van der Waals surface area contributed by atoms with E-state index < -0.39 is 0 Å². The Kier molecular flexibility index (Phi) is 5.55. The van der Waals surface area contributed by atoms with Crippen LogP contribution < -0.4 is 10.6 Å². The van der Waals surface area contributed by atoms with Gasteiger partial charge in [-0.3, -0.25) is 4.79 Å². The third-order valence-corrected chi connectivity index (χ3v) is 4.83. The summed E-state index contributed by atoms with van der Waals surface area (Å²) in [5.74, 6) is 1.22. The molecular weight excluding hydrogens is 334 g/mol. The number of hydrogen-bond acceptors (Lipinski definition) is 7. The van der Waals surface area contributed by atoms with E-state index in [1.165, 1.54) is 0 Å². The molecule has 1 fully saturated rings. The number of fused-ring (bicyclic) bond motifs is 1. The second kappa shape index (κ2) is 7.86. The smallest absolute Gasteiger partial charge is 0.227 e. The van der Waals surface area contributed by atoms with E-state index in [0.717, 1.165) is 37.1 Å². The molecule has 0 bridgehead atoms. The normalized spacial score (nSPS) is 18.3. The fourth-order valence-corrected chi connectivity index (χ4v) is 3.16. The van der Waals surface area contributed by atoms with Gasteiger partial charge in [0.2, 0.25) is 11.9 Å². The molecular formula is C17H27N7O2. The standard InChI is InChI=1S/C17H27N7O2/c1-4-12(9-25)20-17-21-15(14-16(22-17)23(5-2)10-18-14)19-13-6-7-24(8-13)11(3)26/h10,12-13,25H,4-9H2,1-3H3,(H2,19,20,21,22)/t12-,13+/m1/s1. The van der Waals surface area contributed by atoms with Crippen LogP contribution in [0.1, 0.15) is 33.6 Å². The number of aromatic nitrogens is 4. The van der Waals surface area contributed by atoms with Gasteiger partial charge in [0.05, 0.1) is 19.0 Å². The fraction of sp³-hybridized carbons (Fsp3) is 0.647. The van der Waals surface area contributed by atoms with Crippen LogP contribution >= 0.6 is 0 Å². The second-order valence-corrected chi connectivity index (χ2v) is 6.63. The number of anilines is 2. The van der Waals surface area contributed by atoms with Crippen molar-refractivity contribution in [2.75, 3.05) is 30.3 Å². The van der Waals surface area contributed by atoms with Crippen molar-refractivity contribution in [3.8, 4) is 0 Å². The SMILES string of the molecule is CC[C@H](CO)Nc1nc(N[C@H]2CCN(C(C)=O)C2)c2ncn(CC)c2n1. The van der Waals surface area contributed by atoms with Crippen LogP contribution in [0.2, 0.25) is 0 Å². The molecule has 26 heavy (non-hydrogen) atoms. The van der Waals surface area contributed by atoms with Gasteiger partial charge in [0.25, 0.3) is 0 Å². The van der Waals surface area contributed by atoms with Gasteiger partial charge in [-0.1, -0.05) is 6.92 Å². The van der Waals surface area contributed by atoms with Gasteiger partial charge >= 0.3 is 0 Å². The van der Waals surface area contributed by atoms with Crippen LogP contribution in [0.25, 0.3) is 11.2 Å². The minimum Gasteiger partial charge on any atom is -0.394 e. The van der Waals surface area contributed by atoms with E-state index in [4.69, 9.17) is 0 Å². The van der Waals surface area contributed by atoms with Crippen LogP contribution in [-0.4, -0.2) is 67.2 Å². The van der Waals surface area contributed by atoms with E-state index in [1.807, 2.05) is 23.3 Å². The number of hydrogen-bond donors (Lipinski definition) is 3. The summed E-state index contributed by atoms with van der Waals surface area (Å²) < 4.78 is 1.96. The summed E-state index contributed by atoms with van der Waals surface area (Å²) >= 11 is 0. The largest absolute Gasteiger partial charge is 0.394 e. The van der Waals surface area contributed by atoms with Gasteiger partial charge < -0.3 is 25.2 Å². The van der Waals surface area contributed by atoms with Crippen LogP contribution in [0.5, 0.6) is 0 Å². The molecule has 1 saturated heterocycles. The van der Waals surface area contributed by atoms with Crippen molar-refractivity contribution >= 4 is 28.8 Å². The van der Waals surface area contributed by atoms with Crippen molar-refractivity contribution < 1.29 is 9.90 Å². The topological polar surface area (TPSA) is 108 Å². The molecule has 0 saturated carbocycles. The van der Waals surface area contributed by atoms with Gasteiger partial charge in [0.1, 0.15) is 0 Å². The van der Waals surface area contributed by atoms with Crippen LogP contribution in [0, 0.1) is 0 Å². The number of amides is 1. The highest BCUT2D eigenvalue weighted by Gasteiger charge is 2.26. The Morgan fingerprint density at radius 1 is 1.42 bits per heavy atom. The van der Waals surface area contributed by atoms with Crippen molar-refractivity contribution in [1.82, 2.24) is 24.4 Å². The van der Waals surface area contributed by atoms with E-state index >= 15 is 0 Å². The molecule has 0 spiro atoms. The van der Waals surface area contributed by atoms with E-state index in [-0.39, 0.29) is 24.6 Å². The summed E-state index contributed by atoms with van der Waals surface area (Å²) in [7, 11) is 0. The van der Waals surface area contributed by atoms with E-state index in [1.54, 1.807) is 13.3 Å². The van der Waals surface area contributed by atoms with Gasteiger partial charge in [-0.15, -0.1) is 0 Å². The lowest BCUT2D eigenvalue weighted by Crippen LogP contribution is -2.30. The number of rotatable bonds is 7. The van der Waals surface area contributed by atoms with E-state index in [9.17, 15) is 9.90 Å². The van der Waals surface area contributed by atoms with Gasteiger partial charge in [0, 0.05) is 32.6 Å². The molecule has 9 nitrogen and oxygen atoms in total. The summed E-state index contributed by atoms with van der Waals surface area (Å²) in [6.45, 7) is 7.81. The van der Waals surface area contributed by atoms with Crippen molar-refractivity contribution in [3.63, 3.8) is 0 Å². The van der Waals surface area contributed by atoms with Crippen molar-refractivity contribution in [1.29, 1.82) is 0 Å². The molecule has 0 aromatic carbocycles. The molecule has 9 heteroatoms. The Bertz CT molecular complexity index is 772. The number of nitrogens with one attached hydrogen (secondary N) is 2. The number of aliphatic hydroxyl groups excluding tert-OH is 1. The molecule has 1 amide bonds. The van der Waals surface area contributed by atoms with Crippen LogP contribution in [0.3, 0.4) is 0 Å². The third-order valence-electron chi connectivity index (χ3n) is 4.83. The Morgan fingerprint density at radius 3 is 2.85 bits per heavy atom. The van der Waals surface area contributed by atoms with E-state index in [2.05, 4.69) is 25.6 Å². The van der Waals surface area contributed by atoms with Crippen molar-refractivity contribution in [3.05, 3.63) is 6.33 Å². The van der Waals surface area contributed by atoms with Gasteiger partial charge in [0.15, 0.2) is 17.0 Å². The summed E-state index contributed by atoms with van der Waals surface area (Å²) in [6.07, 6.45) is 3.40. The number of imidazole rings is 1. The lowest BCUT2D eigenvalue weighted by molar-refractivity contribution is -0.127. The average Bonchev–Trinajstić information content (AvgIpc) is 3.26. The van der Waals surface area contributed by atoms with Crippen molar-refractivity contribution in [2.45, 2.75) is 52.2 Å². The number of nitrogens with zero attached hydrogens (tertiary/aromatic N) is 5. The maximum absolute atomic E-state index is 11.6. The highest BCUT2D eigenvalue weighted by Crippen LogP contribution is 2.24. The number of carbonyl (C=O) groups excluding carboxylic acids is 1. The first-order valence-electron chi connectivity index (χ1n) is 9.18. The molecule has 2 atom stereocenters. The number of aryl methyl sites for hydroxylation is 1. The molecule has 142 valence electrons. The number of aliphatic hydroxyl groups is 1. The van der Waals surface area contributed by atoms with E-state index in [0.29, 0.717) is 18.3 Å². The van der Waals surface area contributed by atoms with Crippen LogP contribution in [-0.2, 0) is 11.3 Å². The number of likely N-dealkylation sites (tertiary alicyclic amines) is 1. The zero-order chi connectivity index (χ0) is 18.7. The molecule has 0 radical (unpaired) electrons. The van der Waals surface area contributed by atoms with Crippen LogP contribution in [0.4, 0.5) is 11.8 Å². The molecule has 3 N–H and O–H groups in total. The second-order valence-electron chi connectivity index (χ2n) is 6.63. The lowest BCUT2D eigenvalue weighted by atomic mass is 10.2. The highest BCUT2D eigenvalue weighted by atomic mass is 16.3. The maximum atomic E-state index is 11.6. The summed E-state index contributed by atoms with van der Waals surface area (Å²) in [4.78, 5) is 27.0. The molecule has 0 aliphatic carbocycles. The predicted molar refractivity (Wildman–Crippen MR) is 100 cm³/mol. The Labute approximate surface area is 152 Å². The third kappa shape index (κ3) is 3.72. The first-order valence-corrected chi connectivity index (χ1v) is 9.18. The maximum Gasteiger partial charge on any atom is 0.227 e. The first-order chi connectivity index (χ1) is 12.5. The van der Waals surface area contributed by atoms with Gasteiger partial charge in [-0.05, 0) is 19.8 Å². The molecule has 2 aromatic rings. The Morgan fingerprint density at radius 2 is 2.23 bits per heavy atom. The zero-order valence-corrected chi connectivity index (χ0v) is 15.6. The minimum atomic E-state index is -0.0991. The molecule has 3 heterocycles.